The van der Waals surface area contributed by atoms with Crippen molar-refractivity contribution in [2.24, 2.45) is 0 Å². The minimum absolute atomic E-state index is 0.184. The van der Waals surface area contributed by atoms with E-state index >= 15 is 0 Å². The van der Waals surface area contributed by atoms with Gasteiger partial charge in [-0.1, -0.05) is 6.08 Å². The molecule has 0 aromatic carbocycles. The van der Waals surface area contributed by atoms with Crippen LogP contribution >= 0.6 is 0 Å². The van der Waals surface area contributed by atoms with Crippen LogP contribution in [0.25, 0.3) is 0 Å². The van der Waals surface area contributed by atoms with Crippen LogP contribution in [0.15, 0.2) is 12.7 Å². The molecule has 0 heterocycles. The molecule has 0 saturated heterocycles. The zero-order chi connectivity index (χ0) is 10.5. The van der Waals surface area contributed by atoms with E-state index in [9.17, 15) is 13.2 Å². The van der Waals surface area contributed by atoms with Gasteiger partial charge in [-0.2, -0.15) is 0 Å². The fourth-order valence-corrected chi connectivity index (χ4v) is 1.48. The van der Waals surface area contributed by atoms with Gasteiger partial charge in [-0.25, -0.2) is 13.1 Å². The van der Waals surface area contributed by atoms with Crippen LogP contribution in [0.2, 0.25) is 0 Å². The SMILES string of the molecule is C=CCCNS(=O)(=O)C(C)C(=O)O. The molecule has 0 aromatic rings. The first-order chi connectivity index (χ1) is 5.91. The van der Waals surface area contributed by atoms with E-state index in [0.29, 0.717) is 6.42 Å². The van der Waals surface area contributed by atoms with E-state index < -0.39 is 21.2 Å². The normalized spacial score (nSPS) is 13.6. The number of aliphatic carboxylic acids is 1. The Morgan fingerprint density at radius 3 is 2.62 bits per heavy atom. The molecule has 0 saturated carbocycles. The third-order valence-corrected chi connectivity index (χ3v) is 3.20. The molecule has 0 aromatic heterocycles. The summed E-state index contributed by atoms with van der Waals surface area (Å²) in [6.07, 6.45) is 2.03. The molecular formula is C7H13NO4S. The Morgan fingerprint density at radius 2 is 2.23 bits per heavy atom. The molecule has 0 aliphatic carbocycles. The van der Waals surface area contributed by atoms with Crippen molar-refractivity contribution in [3.8, 4) is 0 Å². The highest BCUT2D eigenvalue weighted by Crippen LogP contribution is 1.97. The van der Waals surface area contributed by atoms with Gasteiger partial charge < -0.3 is 5.11 Å². The fraction of sp³-hybridized carbons (Fsp3) is 0.571. The Morgan fingerprint density at radius 1 is 1.69 bits per heavy atom. The number of carboxylic acids is 1. The van der Waals surface area contributed by atoms with Crippen molar-refractivity contribution in [3.63, 3.8) is 0 Å². The number of hydrogen-bond donors (Lipinski definition) is 2. The summed E-state index contributed by atoms with van der Waals surface area (Å²) in [6, 6.07) is 0. The number of carboxylic acid groups (broad SMARTS) is 1. The molecule has 76 valence electrons. The fourth-order valence-electron chi connectivity index (χ4n) is 0.561. The highest BCUT2D eigenvalue weighted by atomic mass is 32.2. The molecule has 0 amide bonds. The van der Waals surface area contributed by atoms with Crippen LogP contribution in [0, 0.1) is 0 Å². The van der Waals surface area contributed by atoms with E-state index in [1.807, 2.05) is 0 Å². The molecule has 0 aliphatic rings. The standard InChI is InChI=1S/C7H13NO4S/c1-3-4-5-8-13(11,12)6(2)7(9)10/h3,6,8H,1,4-5H2,2H3,(H,9,10). The maximum atomic E-state index is 11.1. The van der Waals surface area contributed by atoms with E-state index in [4.69, 9.17) is 5.11 Å². The highest BCUT2D eigenvalue weighted by molar-refractivity contribution is 7.90. The Kier molecular flexibility index (Phi) is 4.64. The lowest BCUT2D eigenvalue weighted by Gasteiger charge is -2.08. The van der Waals surface area contributed by atoms with Crippen LogP contribution in [0.3, 0.4) is 0 Å². The van der Waals surface area contributed by atoms with Crippen LogP contribution in [0.1, 0.15) is 13.3 Å². The average molecular weight is 207 g/mol. The lowest BCUT2D eigenvalue weighted by atomic mass is 10.4. The topological polar surface area (TPSA) is 83.5 Å². The summed E-state index contributed by atoms with van der Waals surface area (Å²) < 4.78 is 24.4. The van der Waals surface area contributed by atoms with Crippen LogP contribution in [-0.2, 0) is 14.8 Å². The van der Waals surface area contributed by atoms with Crippen molar-refractivity contribution in [1.29, 1.82) is 0 Å². The first-order valence-electron chi connectivity index (χ1n) is 3.74. The number of sulfonamides is 1. The molecular weight excluding hydrogens is 194 g/mol. The molecule has 0 radical (unpaired) electrons. The number of carbonyl (C=O) groups is 1. The second kappa shape index (κ2) is 4.98. The first kappa shape index (κ1) is 12.1. The smallest absolute Gasteiger partial charge is 0.323 e. The van der Waals surface area contributed by atoms with Gasteiger partial charge in [-0.05, 0) is 13.3 Å². The van der Waals surface area contributed by atoms with Gasteiger partial charge in [0, 0.05) is 6.54 Å². The number of nitrogens with one attached hydrogen (secondary N) is 1. The second-order valence-corrected chi connectivity index (χ2v) is 4.58. The summed E-state index contributed by atoms with van der Waals surface area (Å²) in [4.78, 5) is 10.3. The first-order valence-corrected chi connectivity index (χ1v) is 5.28. The van der Waals surface area contributed by atoms with Crippen molar-refractivity contribution < 1.29 is 18.3 Å². The molecule has 2 N–H and O–H groups in total. The van der Waals surface area contributed by atoms with Crippen molar-refractivity contribution in [2.75, 3.05) is 6.54 Å². The van der Waals surface area contributed by atoms with Crippen LogP contribution < -0.4 is 4.72 Å². The molecule has 13 heavy (non-hydrogen) atoms. The van der Waals surface area contributed by atoms with Gasteiger partial charge in [-0.15, -0.1) is 6.58 Å². The summed E-state index contributed by atoms with van der Waals surface area (Å²) in [6.45, 7) is 4.72. The summed E-state index contributed by atoms with van der Waals surface area (Å²) in [7, 11) is -3.73. The molecule has 1 unspecified atom stereocenters. The Labute approximate surface area is 77.5 Å². The Bertz CT molecular complexity index is 283. The highest BCUT2D eigenvalue weighted by Gasteiger charge is 2.26. The predicted octanol–water partition coefficient (Wildman–Crippen LogP) is -0.0450. The Hall–Kier alpha value is -0.880. The molecule has 0 spiro atoms. The monoisotopic (exact) mass is 207 g/mol. The summed E-state index contributed by atoms with van der Waals surface area (Å²) in [5, 5.41) is 7.02. The third kappa shape index (κ3) is 4.05. The van der Waals surface area contributed by atoms with E-state index in [1.54, 1.807) is 6.08 Å². The lowest BCUT2D eigenvalue weighted by Crippen LogP contribution is -2.37. The molecule has 0 bridgehead atoms. The molecule has 6 heteroatoms. The maximum Gasteiger partial charge on any atom is 0.323 e. The van der Waals surface area contributed by atoms with Gasteiger partial charge in [0.05, 0.1) is 0 Å². The zero-order valence-corrected chi connectivity index (χ0v) is 8.17. The minimum atomic E-state index is -3.73. The van der Waals surface area contributed by atoms with Crippen molar-refractivity contribution in [1.82, 2.24) is 4.72 Å². The second-order valence-electron chi connectivity index (χ2n) is 2.50. The molecule has 0 aliphatic heterocycles. The average Bonchev–Trinajstić information content (AvgIpc) is 2.03. The van der Waals surface area contributed by atoms with Gasteiger partial charge in [0.2, 0.25) is 10.0 Å². The third-order valence-electron chi connectivity index (χ3n) is 1.46. The Balaban J connectivity index is 4.23. The largest absolute Gasteiger partial charge is 0.480 e. The zero-order valence-electron chi connectivity index (χ0n) is 7.36. The van der Waals surface area contributed by atoms with E-state index in [-0.39, 0.29) is 6.54 Å². The predicted molar refractivity (Wildman–Crippen MR) is 48.8 cm³/mol. The summed E-state index contributed by atoms with van der Waals surface area (Å²) >= 11 is 0. The summed E-state index contributed by atoms with van der Waals surface area (Å²) in [5.74, 6) is -1.36. The van der Waals surface area contributed by atoms with E-state index in [2.05, 4.69) is 11.3 Å². The van der Waals surface area contributed by atoms with Crippen LogP contribution in [-0.4, -0.2) is 31.3 Å². The van der Waals surface area contributed by atoms with Crippen LogP contribution in [0.4, 0.5) is 0 Å². The van der Waals surface area contributed by atoms with E-state index in [1.165, 1.54) is 0 Å². The maximum absolute atomic E-state index is 11.1. The van der Waals surface area contributed by atoms with Crippen LogP contribution in [0.5, 0.6) is 0 Å². The van der Waals surface area contributed by atoms with Gasteiger partial charge in [0.25, 0.3) is 0 Å². The van der Waals surface area contributed by atoms with Crippen molar-refractivity contribution in [3.05, 3.63) is 12.7 Å². The molecule has 5 nitrogen and oxygen atoms in total. The van der Waals surface area contributed by atoms with Gasteiger partial charge in [-0.3, -0.25) is 4.79 Å². The molecule has 0 rings (SSSR count). The van der Waals surface area contributed by atoms with Crippen molar-refractivity contribution in [2.45, 2.75) is 18.6 Å². The summed E-state index contributed by atoms with van der Waals surface area (Å²) in [5.41, 5.74) is 0. The lowest BCUT2D eigenvalue weighted by molar-refractivity contribution is -0.136. The molecule has 0 fully saturated rings. The van der Waals surface area contributed by atoms with Crippen molar-refractivity contribution >= 4 is 16.0 Å². The molecule has 1 atom stereocenters. The number of hydrogen-bond acceptors (Lipinski definition) is 3. The minimum Gasteiger partial charge on any atom is -0.480 e. The van der Waals surface area contributed by atoms with Gasteiger partial charge >= 0.3 is 5.97 Å². The van der Waals surface area contributed by atoms with E-state index in [0.717, 1.165) is 6.92 Å². The van der Waals surface area contributed by atoms with Gasteiger partial charge in [0.1, 0.15) is 0 Å². The van der Waals surface area contributed by atoms with Gasteiger partial charge in [0.15, 0.2) is 5.25 Å². The quantitative estimate of drug-likeness (QED) is 0.472. The number of rotatable bonds is 6.